The highest BCUT2D eigenvalue weighted by Crippen LogP contribution is 2.28. The average molecular weight is 304 g/mol. The van der Waals surface area contributed by atoms with E-state index in [1.54, 1.807) is 6.92 Å². The van der Waals surface area contributed by atoms with Crippen molar-refractivity contribution in [1.82, 2.24) is 9.47 Å². The molecule has 5 nitrogen and oxygen atoms in total. The first kappa shape index (κ1) is 15.6. The number of pyridine rings is 1. The molecule has 2 rings (SSSR count). The lowest BCUT2D eigenvalue weighted by atomic mass is 10.2. The van der Waals surface area contributed by atoms with E-state index in [9.17, 15) is 22.8 Å². The predicted octanol–water partition coefficient (Wildman–Crippen LogP) is 1.11. The van der Waals surface area contributed by atoms with Gasteiger partial charge in [0.25, 0.3) is 5.56 Å². The third-order valence-electron chi connectivity index (χ3n) is 3.30. The molecule has 1 atom stereocenters. The third-order valence-corrected chi connectivity index (χ3v) is 3.30. The van der Waals surface area contributed by atoms with Crippen molar-refractivity contribution < 1.29 is 22.7 Å². The molecule has 0 aliphatic carbocycles. The van der Waals surface area contributed by atoms with Crippen LogP contribution in [0.3, 0.4) is 0 Å². The number of aromatic nitrogens is 1. The van der Waals surface area contributed by atoms with Gasteiger partial charge in [-0.25, -0.2) is 0 Å². The summed E-state index contributed by atoms with van der Waals surface area (Å²) in [6, 6.07) is 1.37. The zero-order valence-corrected chi connectivity index (χ0v) is 11.4. The number of carbonyl (C=O) groups is 1. The summed E-state index contributed by atoms with van der Waals surface area (Å²) in [4.78, 5) is 25.2. The van der Waals surface area contributed by atoms with Crippen LogP contribution in [0.1, 0.15) is 12.5 Å². The van der Waals surface area contributed by atoms with Crippen molar-refractivity contribution >= 4 is 5.91 Å². The first-order valence-electron chi connectivity index (χ1n) is 6.44. The molecule has 0 spiro atoms. The van der Waals surface area contributed by atoms with Gasteiger partial charge < -0.3 is 14.2 Å². The summed E-state index contributed by atoms with van der Waals surface area (Å²) in [7, 11) is 0. The lowest BCUT2D eigenvalue weighted by Gasteiger charge is -2.33. The summed E-state index contributed by atoms with van der Waals surface area (Å²) < 4.78 is 43.9. The molecule has 1 aliphatic heterocycles. The van der Waals surface area contributed by atoms with E-state index in [0.717, 1.165) is 10.6 Å². The van der Waals surface area contributed by atoms with E-state index in [1.165, 1.54) is 4.90 Å². The van der Waals surface area contributed by atoms with Gasteiger partial charge in [-0.1, -0.05) is 0 Å². The minimum Gasteiger partial charge on any atom is -0.377 e. The normalized spacial score (nSPS) is 19.6. The van der Waals surface area contributed by atoms with Crippen LogP contribution < -0.4 is 5.56 Å². The zero-order valence-electron chi connectivity index (χ0n) is 11.4. The van der Waals surface area contributed by atoms with Gasteiger partial charge in [0.15, 0.2) is 0 Å². The number of carbonyl (C=O) groups excluding carboxylic acids is 1. The Morgan fingerprint density at radius 1 is 1.43 bits per heavy atom. The first-order chi connectivity index (χ1) is 9.79. The van der Waals surface area contributed by atoms with Crippen molar-refractivity contribution in [2.45, 2.75) is 25.7 Å². The van der Waals surface area contributed by atoms with E-state index in [1.807, 2.05) is 0 Å². The Bertz CT molecular complexity index is 583. The molecule has 0 N–H and O–H groups in total. The number of alkyl halides is 3. The molecule has 0 unspecified atom stereocenters. The molecule has 0 radical (unpaired) electrons. The third kappa shape index (κ3) is 3.63. The molecule has 8 heteroatoms. The van der Waals surface area contributed by atoms with Gasteiger partial charge in [0.2, 0.25) is 5.91 Å². The van der Waals surface area contributed by atoms with Gasteiger partial charge in [-0.15, -0.1) is 0 Å². The van der Waals surface area contributed by atoms with Crippen molar-refractivity contribution in [3.8, 4) is 0 Å². The molecule has 1 aliphatic rings. The SMILES string of the molecule is C[C@H]1COCCN1C(=O)Cn1cc(C(F)(F)F)ccc1=O. The Morgan fingerprint density at radius 2 is 2.14 bits per heavy atom. The first-order valence-corrected chi connectivity index (χ1v) is 6.44. The van der Waals surface area contributed by atoms with Crippen molar-refractivity contribution in [2.24, 2.45) is 0 Å². The van der Waals surface area contributed by atoms with Crippen molar-refractivity contribution in [3.05, 3.63) is 34.2 Å². The Kier molecular flexibility index (Phi) is 4.36. The van der Waals surface area contributed by atoms with Gasteiger partial charge in [0.05, 0.1) is 24.8 Å². The number of amides is 1. The van der Waals surface area contributed by atoms with Gasteiger partial charge in [-0.2, -0.15) is 13.2 Å². The molecule has 0 saturated carbocycles. The number of rotatable bonds is 2. The summed E-state index contributed by atoms with van der Waals surface area (Å²) in [6.07, 6.45) is -3.88. The van der Waals surface area contributed by atoms with E-state index < -0.39 is 29.8 Å². The quantitative estimate of drug-likeness (QED) is 0.822. The fourth-order valence-corrected chi connectivity index (χ4v) is 2.16. The summed E-state index contributed by atoms with van der Waals surface area (Å²) in [5, 5.41) is 0. The van der Waals surface area contributed by atoms with Crippen LogP contribution >= 0.6 is 0 Å². The minimum atomic E-state index is -4.55. The Hall–Kier alpha value is -1.83. The second-order valence-corrected chi connectivity index (χ2v) is 4.89. The number of hydrogen-bond acceptors (Lipinski definition) is 3. The summed E-state index contributed by atoms with van der Waals surface area (Å²) in [5.74, 6) is -0.396. The van der Waals surface area contributed by atoms with Gasteiger partial charge in [0, 0.05) is 18.8 Å². The number of nitrogens with zero attached hydrogens (tertiary/aromatic N) is 2. The van der Waals surface area contributed by atoms with Crippen LogP contribution in [0.4, 0.5) is 13.2 Å². The minimum absolute atomic E-state index is 0.159. The topological polar surface area (TPSA) is 51.5 Å². The van der Waals surface area contributed by atoms with Crippen LogP contribution in [0.25, 0.3) is 0 Å². The molecule has 0 aromatic carbocycles. The molecular formula is C13H15F3N2O3. The predicted molar refractivity (Wildman–Crippen MR) is 67.7 cm³/mol. The number of hydrogen-bond donors (Lipinski definition) is 0. The zero-order chi connectivity index (χ0) is 15.6. The van der Waals surface area contributed by atoms with Gasteiger partial charge in [-0.05, 0) is 13.0 Å². The second-order valence-electron chi connectivity index (χ2n) is 4.89. The molecule has 1 saturated heterocycles. The Labute approximate surface area is 118 Å². The monoisotopic (exact) mass is 304 g/mol. The molecule has 116 valence electrons. The number of morpholine rings is 1. The van der Waals surface area contributed by atoms with Crippen LogP contribution in [-0.2, 0) is 22.3 Å². The van der Waals surface area contributed by atoms with Crippen LogP contribution in [0.15, 0.2) is 23.1 Å². The lowest BCUT2D eigenvalue weighted by molar-refractivity contribution is -0.141. The van der Waals surface area contributed by atoms with Crippen LogP contribution in [0.2, 0.25) is 0 Å². The van der Waals surface area contributed by atoms with E-state index in [0.29, 0.717) is 32.0 Å². The standard InChI is InChI=1S/C13H15F3N2O3/c1-9-8-21-5-4-18(9)12(20)7-17-6-10(13(14,15)16)2-3-11(17)19/h2-3,6,9H,4-5,7-8H2,1H3/t9-/m0/s1. The molecular weight excluding hydrogens is 289 g/mol. The number of halogens is 3. The van der Waals surface area contributed by atoms with Crippen LogP contribution in [0.5, 0.6) is 0 Å². The lowest BCUT2D eigenvalue weighted by Crippen LogP contribution is -2.48. The summed E-state index contributed by atoms with van der Waals surface area (Å²) >= 11 is 0. The van der Waals surface area contributed by atoms with Gasteiger partial charge in [0.1, 0.15) is 6.54 Å². The van der Waals surface area contributed by atoms with E-state index >= 15 is 0 Å². The molecule has 0 bridgehead atoms. The van der Waals surface area contributed by atoms with E-state index in [-0.39, 0.29) is 6.04 Å². The van der Waals surface area contributed by atoms with Crippen LogP contribution in [-0.4, -0.2) is 41.2 Å². The van der Waals surface area contributed by atoms with Crippen molar-refractivity contribution in [1.29, 1.82) is 0 Å². The Morgan fingerprint density at radius 3 is 2.76 bits per heavy atom. The molecule has 1 aromatic rings. The summed E-state index contributed by atoms with van der Waals surface area (Å²) in [5.41, 5.74) is -1.60. The molecule has 21 heavy (non-hydrogen) atoms. The fraction of sp³-hybridized carbons (Fsp3) is 0.538. The second kappa shape index (κ2) is 5.88. The molecule has 2 heterocycles. The Balaban J connectivity index is 2.19. The highest BCUT2D eigenvalue weighted by Gasteiger charge is 2.31. The largest absolute Gasteiger partial charge is 0.417 e. The average Bonchev–Trinajstić information content (AvgIpc) is 2.40. The van der Waals surface area contributed by atoms with Gasteiger partial charge >= 0.3 is 6.18 Å². The van der Waals surface area contributed by atoms with Crippen molar-refractivity contribution in [2.75, 3.05) is 19.8 Å². The molecule has 1 amide bonds. The van der Waals surface area contributed by atoms with Gasteiger partial charge in [-0.3, -0.25) is 9.59 Å². The smallest absolute Gasteiger partial charge is 0.377 e. The maximum atomic E-state index is 12.6. The van der Waals surface area contributed by atoms with E-state index in [4.69, 9.17) is 4.74 Å². The maximum absolute atomic E-state index is 12.6. The highest BCUT2D eigenvalue weighted by molar-refractivity contribution is 5.76. The van der Waals surface area contributed by atoms with E-state index in [2.05, 4.69) is 0 Å². The molecule has 1 aromatic heterocycles. The highest BCUT2D eigenvalue weighted by atomic mass is 19.4. The fourth-order valence-electron chi connectivity index (χ4n) is 2.16. The van der Waals surface area contributed by atoms with Crippen molar-refractivity contribution in [3.63, 3.8) is 0 Å². The maximum Gasteiger partial charge on any atom is 0.417 e. The number of ether oxygens (including phenoxy) is 1. The molecule has 1 fully saturated rings. The summed E-state index contributed by atoms with van der Waals surface area (Å²) in [6.45, 7) is 2.50. The van der Waals surface area contributed by atoms with Crippen LogP contribution in [0, 0.1) is 0 Å².